The normalized spacial score (nSPS) is 19.1. The number of esters is 1. The van der Waals surface area contributed by atoms with E-state index in [0.717, 1.165) is 16.7 Å². The molecule has 0 saturated carbocycles. The van der Waals surface area contributed by atoms with E-state index in [1.54, 1.807) is 31.2 Å². The summed E-state index contributed by atoms with van der Waals surface area (Å²) in [7, 11) is 0. The summed E-state index contributed by atoms with van der Waals surface area (Å²) in [5.41, 5.74) is 0.702. The number of carbonyl (C=O) groups is 3. The Labute approximate surface area is 142 Å². The average molecular weight is 349 g/mol. The third kappa shape index (κ3) is 2.96. The first kappa shape index (κ1) is 16.4. The van der Waals surface area contributed by atoms with Gasteiger partial charge < -0.3 is 14.2 Å². The third-order valence-corrected chi connectivity index (χ3v) is 4.42. The Kier molecular flexibility index (Phi) is 4.48. The van der Waals surface area contributed by atoms with Crippen molar-refractivity contribution in [3.63, 3.8) is 0 Å². The van der Waals surface area contributed by atoms with Crippen LogP contribution in [0.2, 0.25) is 0 Å². The van der Waals surface area contributed by atoms with Gasteiger partial charge in [-0.3, -0.25) is 14.5 Å². The number of benzene rings is 1. The fraction of sp³-hybridized carbons (Fsp3) is 0.312. The summed E-state index contributed by atoms with van der Waals surface area (Å²) in [5, 5.41) is -0.493. The molecule has 1 unspecified atom stereocenters. The second kappa shape index (κ2) is 6.56. The van der Waals surface area contributed by atoms with Gasteiger partial charge in [0, 0.05) is 0 Å². The van der Waals surface area contributed by atoms with Crippen LogP contribution in [0.5, 0.6) is 11.5 Å². The van der Waals surface area contributed by atoms with Gasteiger partial charge in [0.25, 0.3) is 11.1 Å². The highest BCUT2D eigenvalue weighted by Gasteiger charge is 2.41. The van der Waals surface area contributed by atoms with Crippen LogP contribution in [-0.2, 0) is 14.3 Å². The van der Waals surface area contributed by atoms with Crippen molar-refractivity contribution in [2.24, 2.45) is 0 Å². The predicted molar refractivity (Wildman–Crippen MR) is 86.5 cm³/mol. The van der Waals surface area contributed by atoms with Crippen molar-refractivity contribution < 1.29 is 28.6 Å². The highest BCUT2D eigenvalue weighted by Crippen LogP contribution is 2.36. The van der Waals surface area contributed by atoms with Gasteiger partial charge in [0.1, 0.15) is 6.04 Å². The zero-order valence-corrected chi connectivity index (χ0v) is 13.9. The van der Waals surface area contributed by atoms with Gasteiger partial charge >= 0.3 is 5.97 Å². The van der Waals surface area contributed by atoms with Gasteiger partial charge in [-0.05, 0) is 49.4 Å². The Morgan fingerprint density at radius 1 is 1.38 bits per heavy atom. The molecule has 2 aliphatic rings. The summed E-state index contributed by atoms with van der Waals surface area (Å²) in [4.78, 5) is 37.5. The molecule has 1 aromatic carbocycles. The maximum absolute atomic E-state index is 12.5. The Bertz CT molecular complexity index is 744. The minimum absolute atomic E-state index is 0.159. The van der Waals surface area contributed by atoms with Gasteiger partial charge in [0.15, 0.2) is 11.5 Å². The van der Waals surface area contributed by atoms with E-state index in [4.69, 9.17) is 14.2 Å². The number of ether oxygens (including phenoxy) is 3. The van der Waals surface area contributed by atoms with Crippen LogP contribution in [0.3, 0.4) is 0 Å². The number of imide groups is 1. The number of hydrogen-bond donors (Lipinski definition) is 0. The van der Waals surface area contributed by atoms with Crippen LogP contribution in [0.25, 0.3) is 6.08 Å². The van der Waals surface area contributed by atoms with Crippen LogP contribution in [0.15, 0.2) is 23.1 Å². The van der Waals surface area contributed by atoms with Crippen LogP contribution < -0.4 is 9.47 Å². The number of hydrogen-bond acceptors (Lipinski definition) is 7. The third-order valence-electron chi connectivity index (χ3n) is 3.53. The lowest BCUT2D eigenvalue weighted by Crippen LogP contribution is -2.42. The zero-order chi connectivity index (χ0) is 17.3. The largest absolute Gasteiger partial charge is 0.464 e. The first-order valence-electron chi connectivity index (χ1n) is 7.34. The zero-order valence-electron chi connectivity index (χ0n) is 13.1. The van der Waals surface area contributed by atoms with Gasteiger partial charge in [-0.15, -0.1) is 0 Å². The molecule has 1 saturated heterocycles. The number of thioether (sulfide) groups is 1. The Morgan fingerprint density at radius 3 is 2.88 bits per heavy atom. The molecule has 0 radical (unpaired) electrons. The van der Waals surface area contributed by atoms with Gasteiger partial charge in [-0.1, -0.05) is 6.07 Å². The van der Waals surface area contributed by atoms with Crippen molar-refractivity contribution in [1.82, 2.24) is 4.90 Å². The second-order valence-electron chi connectivity index (χ2n) is 5.09. The molecular weight excluding hydrogens is 334 g/mol. The maximum atomic E-state index is 12.5. The fourth-order valence-corrected chi connectivity index (χ4v) is 3.24. The van der Waals surface area contributed by atoms with E-state index in [1.165, 1.54) is 6.92 Å². The first-order valence-corrected chi connectivity index (χ1v) is 8.16. The molecule has 3 rings (SSSR count). The molecule has 8 heteroatoms. The monoisotopic (exact) mass is 349 g/mol. The lowest BCUT2D eigenvalue weighted by Gasteiger charge is -2.19. The van der Waals surface area contributed by atoms with Crippen molar-refractivity contribution in [3.8, 4) is 11.5 Å². The molecule has 2 amide bonds. The van der Waals surface area contributed by atoms with E-state index in [9.17, 15) is 14.4 Å². The molecule has 0 bridgehead atoms. The number of carbonyl (C=O) groups excluding carboxylic acids is 3. The minimum atomic E-state index is -0.958. The van der Waals surface area contributed by atoms with Crippen LogP contribution >= 0.6 is 11.8 Å². The maximum Gasteiger partial charge on any atom is 0.329 e. The van der Waals surface area contributed by atoms with Gasteiger partial charge in [-0.2, -0.15) is 0 Å². The Hall–Kier alpha value is -2.48. The summed E-state index contributed by atoms with van der Waals surface area (Å²) in [5.74, 6) is 0.103. The van der Waals surface area contributed by atoms with Crippen molar-refractivity contribution in [1.29, 1.82) is 0 Å². The van der Waals surface area contributed by atoms with Crippen molar-refractivity contribution in [2.75, 3.05) is 13.4 Å². The summed E-state index contributed by atoms with van der Waals surface area (Å²) in [6.45, 7) is 3.48. The topological polar surface area (TPSA) is 82.1 Å². The smallest absolute Gasteiger partial charge is 0.329 e. The summed E-state index contributed by atoms with van der Waals surface area (Å²) in [6.07, 6.45) is 1.59. The van der Waals surface area contributed by atoms with Gasteiger partial charge in [-0.25, -0.2) is 4.79 Å². The molecule has 0 spiro atoms. The lowest BCUT2D eigenvalue weighted by molar-refractivity contribution is -0.150. The molecule has 126 valence electrons. The highest BCUT2D eigenvalue weighted by molar-refractivity contribution is 8.18. The van der Waals surface area contributed by atoms with E-state index in [1.807, 2.05) is 0 Å². The molecule has 7 nitrogen and oxygen atoms in total. The van der Waals surface area contributed by atoms with Crippen LogP contribution in [0, 0.1) is 0 Å². The molecule has 1 fully saturated rings. The number of amides is 2. The van der Waals surface area contributed by atoms with E-state index in [0.29, 0.717) is 17.1 Å². The fourth-order valence-electron chi connectivity index (χ4n) is 2.34. The van der Waals surface area contributed by atoms with E-state index in [-0.39, 0.29) is 18.3 Å². The predicted octanol–water partition coefficient (Wildman–Crippen LogP) is 2.40. The van der Waals surface area contributed by atoms with Crippen LogP contribution in [0.1, 0.15) is 19.4 Å². The number of fused-ring (bicyclic) bond motifs is 1. The van der Waals surface area contributed by atoms with Crippen LogP contribution in [-0.4, -0.2) is 41.5 Å². The summed E-state index contributed by atoms with van der Waals surface area (Å²) < 4.78 is 15.4. The Morgan fingerprint density at radius 2 is 2.12 bits per heavy atom. The molecule has 24 heavy (non-hydrogen) atoms. The van der Waals surface area contributed by atoms with Crippen molar-refractivity contribution in [2.45, 2.75) is 19.9 Å². The van der Waals surface area contributed by atoms with Crippen molar-refractivity contribution >= 4 is 35.0 Å². The summed E-state index contributed by atoms with van der Waals surface area (Å²) in [6, 6.07) is 4.26. The Balaban J connectivity index is 1.82. The lowest BCUT2D eigenvalue weighted by atomic mass is 10.2. The van der Waals surface area contributed by atoms with Gasteiger partial charge in [0.2, 0.25) is 6.79 Å². The standard InChI is InChI=1S/C16H15NO6S/c1-3-21-15(19)9(2)17-14(18)13(24-16(17)20)7-10-4-5-11-12(6-10)23-8-22-11/h4-7,9H,3,8H2,1-2H3. The first-order chi connectivity index (χ1) is 11.5. The molecule has 1 atom stereocenters. The van der Waals surface area contributed by atoms with Gasteiger partial charge in [0.05, 0.1) is 11.5 Å². The second-order valence-corrected chi connectivity index (χ2v) is 6.09. The van der Waals surface area contributed by atoms with E-state index < -0.39 is 23.2 Å². The molecule has 2 heterocycles. The molecule has 0 aliphatic carbocycles. The number of nitrogens with zero attached hydrogens (tertiary/aromatic N) is 1. The molecule has 1 aromatic rings. The van der Waals surface area contributed by atoms with Crippen LogP contribution in [0.4, 0.5) is 4.79 Å². The summed E-state index contributed by atoms with van der Waals surface area (Å²) >= 11 is 0.792. The SMILES string of the molecule is CCOC(=O)C(C)N1C(=O)SC(=Cc2ccc3c(c2)OCO3)C1=O. The molecule has 2 aliphatic heterocycles. The molecule has 0 aromatic heterocycles. The number of rotatable bonds is 4. The molecular formula is C16H15NO6S. The molecule has 0 N–H and O–H groups in total. The highest BCUT2D eigenvalue weighted by atomic mass is 32.2. The van der Waals surface area contributed by atoms with E-state index >= 15 is 0 Å². The van der Waals surface area contributed by atoms with Crippen molar-refractivity contribution in [3.05, 3.63) is 28.7 Å². The minimum Gasteiger partial charge on any atom is -0.464 e. The van der Waals surface area contributed by atoms with E-state index in [2.05, 4.69) is 0 Å². The quantitative estimate of drug-likeness (QED) is 0.610. The average Bonchev–Trinajstić information content (AvgIpc) is 3.11.